The summed E-state index contributed by atoms with van der Waals surface area (Å²) in [6.07, 6.45) is 0. The highest BCUT2D eigenvalue weighted by molar-refractivity contribution is 8.18. The van der Waals surface area contributed by atoms with Crippen molar-refractivity contribution >= 4 is 35.3 Å². The summed E-state index contributed by atoms with van der Waals surface area (Å²) in [5.74, 6) is 0.816. The number of hydrogen-bond acceptors (Lipinski definition) is 7. The van der Waals surface area contributed by atoms with Gasteiger partial charge in [0.2, 0.25) is 0 Å². The lowest BCUT2D eigenvalue weighted by atomic mass is 10.2. The number of rotatable bonds is 5. The van der Waals surface area contributed by atoms with Crippen LogP contribution in [0.5, 0.6) is 5.75 Å². The summed E-state index contributed by atoms with van der Waals surface area (Å²) in [5.41, 5.74) is 1.88. The van der Waals surface area contributed by atoms with Crippen molar-refractivity contribution in [3.63, 3.8) is 0 Å². The molecule has 0 aliphatic heterocycles. The van der Waals surface area contributed by atoms with Crippen LogP contribution in [-0.4, -0.2) is 20.9 Å². The van der Waals surface area contributed by atoms with Crippen molar-refractivity contribution in [2.45, 2.75) is 5.03 Å². The van der Waals surface area contributed by atoms with E-state index >= 15 is 0 Å². The number of methoxy groups -OCH3 is 1. The summed E-state index contributed by atoms with van der Waals surface area (Å²) >= 11 is 3.92. The predicted molar refractivity (Wildman–Crippen MR) is 75.8 cm³/mol. The topological polar surface area (TPSA) is 58.8 Å². The Hall–Kier alpha value is -1.23. The van der Waals surface area contributed by atoms with Gasteiger partial charge in [-0.2, -0.15) is 14.0 Å². The first kappa shape index (κ1) is 13.2. The lowest BCUT2D eigenvalue weighted by Crippen LogP contribution is -1.84. The van der Waals surface area contributed by atoms with Gasteiger partial charge in [-0.15, -0.1) is 0 Å². The molecule has 1 aromatic heterocycles. The predicted octanol–water partition coefficient (Wildman–Crippen LogP) is 3.48. The van der Waals surface area contributed by atoms with E-state index in [1.165, 1.54) is 35.3 Å². The number of nitriles is 1. The second-order valence-corrected chi connectivity index (χ2v) is 5.76. The zero-order valence-electron chi connectivity index (χ0n) is 9.49. The minimum atomic E-state index is 0.658. The van der Waals surface area contributed by atoms with Crippen molar-refractivity contribution < 1.29 is 4.74 Å². The minimum Gasteiger partial charge on any atom is -0.497 e. The number of hydrogen-bond donors (Lipinski definition) is 0. The van der Waals surface area contributed by atoms with Gasteiger partial charge in [0.05, 0.1) is 23.9 Å². The molecular weight excluding hydrogens is 286 g/mol. The summed E-state index contributed by atoms with van der Waals surface area (Å²) in [5, 5.41) is 12.1. The average Bonchev–Trinajstić information content (AvgIpc) is 2.88. The maximum atomic E-state index is 8.49. The van der Waals surface area contributed by atoms with E-state index < -0.39 is 0 Å². The summed E-state index contributed by atoms with van der Waals surface area (Å²) in [4.78, 5) is 0. The van der Waals surface area contributed by atoms with Gasteiger partial charge in [0.15, 0.2) is 0 Å². The summed E-state index contributed by atoms with van der Waals surface area (Å²) < 4.78 is 13.7. The Kier molecular flexibility index (Phi) is 4.87. The molecule has 0 radical (unpaired) electrons. The van der Waals surface area contributed by atoms with Gasteiger partial charge in [0.25, 0.3) is 0 Å². The highest BCUT2D eigenvalue weighted by Crippen LogP contribution is 2.32. The van der Waals surface area contributed by atoms with Crippen molar-refractivity contribution in [3.8, 4) is 22.4 Å². The van der Waals surface area contributed by atoms with E-state index in [1.807, 2.05) is 29.7 Å². The van der Waals surface area contributed by atoms with E-state index in [0.29, 0.717) is 5.08 Å². The average molecular weight is 295 g/mol. The largest absolute Gasteiger partial charge is 0.497 e. The van der Waals surface area contributed by atoms with Crippen molar-refractivity contribution in [3.05, 3.63) is 24.3 Å². The smallest absolute Gasteiger partial charge is 0.139 e. The van der Waals surface area contributed by atoms with Gasteiger partial charge in [-0.25, -0.2) is 0 Å². The molecule has 4 nitrogen and oxygen atoms in total. The molecular formula is C11H9N3OS3. The van der Waals surface area contributed by atoms with Crippen LogP contribution in [0.25, 0.3) is 11.3 Å². The second-order valence-electron chi connectivity index (χ2n) is 3.14. The highest BCUT2D eigenvalue weighted by Gasteiger charge is 2.11. The molecule has 2 aromatic rings. The van der Waals surface area contributed by atoms with Crippen LogP contribution in [0.4, 0.5) is 0 Å². The Balaban J connectivity index is 2.17. The quantitative estimate of drug-likeness (QED) is 0.364. The molecule has 18 heavy (non-hydrogen) atoms. The molecule has 2 rings (SSSR count). The number of aromatic nitrogens is 2. The Morgan fingerprint density at radius 2 is 2.11 bits per heavy atom. The third kappa shape index (κ3) is 3.16. The van der Waals surface area contributed by atoms with Crippen molar-refractivity contribution in [2.24, 2.45) is 0 Å². The summed E-state index contributed by atoms with van der Waals surface area (Å²) in [7, 11) is 1.64. The zero-order chi connectivity index (χ0) is 12.8. The van der Waals surface area contributed by atoms with E-state index in [9.17, 15) is 0 Å². The Morgan fingerprint density at radius 3 is 2.78 bits per heavy atom. The maximum Gasteiger partial charge on any atom is 0.139 e. The first-order valence-electron chi connectivity index (χ1n) is 4.96. The Morgan fingerprint density at radius 1 is 1.33 bits per heavy atom. The SMILES string of the molecule is COc1ccc(-c2nsnc2SCSC#N)cc1. The molecule has 0 saturated carbocycles. The molecule has 1 heterocycles. The summed E-state index contributed by atoms with van der Waals surface area (Å²) in [6.45, 7) is 0. The molecule has 0 atom stereocenters. The second kappa shape index (κ2) is 6.64. The van der Waals surface area contributed by atoms with Crippen LogP contribution in [0, 0.1) is 10.7 Å². The molecule has 0 saturated heterocycles. The molecule has 7 heteroatoms. The maximum absolute atomic E-state index is 8.49. The van der Waals surface area contributed by atoms with Gasteiger partial charge in [-0.05, 0) is 36.0 Å². The molecule has 0 amide bonds. The van der Waals surface area contributed by atoms with Crippen molar-refractivity contribution in [1.29, 1.82) is 5.26 Å². The number of thioether (sulfide) groups is 2. The molecule has 0 aliphatic rings. The van der Waals surface area contributed by atoms with Crippen molar-refractivity contribution in [2.75, 3.05) is 12.2 Å². The van der Waals surface area contributed by atoms with Crippen LogP contribution >= 0.6 is 35.3 Å². The minimum absolute atomic E-state index is 0.658. The Bertz CT molecular complexity index is 547. The van der Waals surface area contributed by atoms with Crippen LogP contribution < -0.4 is 4.74 Å². The van der Waals surface area contributed by atoms with Crippen molar-refractivity contribution in [1.82, 2.24) is 8.75 Å². The van der Waals surface area contributed by atoms with Gasteiger partial charge in [0, 0.05) is 5.56 Å². The monoisotopic (exact) mass is 295 g/mol. The highest BCUT2D eigenvalue weighted by atomic mass is 32.2. The molecule has 0 aliphatic carbocycles. The van der Waals surface area contributed by atoms with E-state index in [4.69, 9.17) is 10.00 Å². The molecule has 0 bridgehead atoms. The van der Waals surface area contributed by atoms with Crippen LogP contribution in [0.1, 0.15) is 0 Å². The molecule has 0 spiro atoms. The number of thiocyanates is 1. The lowest BCUT2D eigenvalue weighted by molar-refractivity contribution is 0.415. The van der Waals surface area contributed by atoms with Crippen LogP contribution in [0.15, 0.2) is 29.3 Å². The third-order valence-corrected chi connectivity index (χ3v) is 4.41. The van der Waals surface area contributed by atoms with Crippen LogP contribution in [-0.2, 0) is 0 Å². The molecule has 0 N–H and O–H groups in total. The van der Waals surface area contributed by atoms with Gasteiger partial charge in [0.1, 0.15) is 21.9 Å². The van der Waals surface area contributed by atoms with Gasteiger partial charge >= 0.3 is 0 Å². The third-order valence-electron chi connectivity index (χ3n) is 2.14. The van der Waals surface area contributed by atoms with Gasteiger partial charge in [-0.3, -0.25) is 0 Å². The fourth-order valence-electron chi connectivity index (χ4n) is 1.31. The van der Waals surface area contributed by atoms with Gasteiger partial charge in [-0.1, -0.05) is 11.8 Å². The van der Waals surface area contributed by atoms with Gasteiger partial charge < -0.3 is 4.74 Å². The molecule has 0 unspecified atom stereocenters. The van der Waals surface area contributed by atoms with E-state index in [2.05, 4.69) is 8.75 Å². The fraction of sp³-hybridized carbons (Fsp3) is 0.182. The van der Waals surface area contributed by atoms with E-state index in [-0.39, 0.29) is 0 Å². The molecule has 0 fully saturated rings. The van der Waals surface area contributed by atoms with Crippen LogP contribution in [0.3, 0.4) is 0 Å². The molecule has 92 valence electrons. The number of nitrogens with zero attached hydrogens (tertiary/aromatic N) is 3. The summed E-state index contributed by atoms with van der Waals surface area (Å²) in [6, 6.07) is 7.70. The van der Waals surface area contributed by atoms with Crippen LogP contribution in [0.2, 0.25) is 0 Å². The number of benzene rings is 1. The normalized spacial score (nSPS) is 10.0. The lowest BCUT2D eigenvalue weighted by Gasteiger charge is -2.02. The molecule has 1 aromatic carbocycles. The number of ether oxygens (including phenoxy) is 1. The Labute approximate surface area is 118 Å². The first-order valence-corrected chi connectivity index (χ1v) is 7.66. The zero-order valence-corrected chi connectivity index (χ0v) is 11.9. The van der Waals surface area contributed by atoms with E-state index in [1.54, 1.807) is 7.11 Å². The first-order chi connectivity index (χ1) is 8.85. The fourth-order valence-corrected chi connectivity index (χ4v) is 3.35. The van der Waals surface area contributed by atoms with E-state index in [0.717, 1.165) is 22.0 Å². The standard InChI is InChI=1S/C11H9N3OS3/c1-15-9-4-2-8(3-5-9)10-11(14-18-13-10)17-7-16-6-12/h2-5H,7H2,1H3.